The zero-order chi connectivity index (χ0) is 18.7. The van der Waals surface area contributed by atoms with Crippen LogP contribution in [0.25, 0.3) is 0 Å². The van der Waals surface area contributed by atoms with E-state index >= 15 is 0 Å². The molecule has 0 aliphatic rings. The molecule has 134 valence electrons. The molecule has 3 aromatic rings. The van der Waals surface area contributed by atoms with E-state index in [9.17, 15) is 8.78 Å². The van der Waals surface area contributed by atoms with Crippen LogP contribution in [-0.4, -0.2) is 17.1 Å². The summed E-state index contributed by atoms with van der Waals surface area (Å²) in [7, 11) is 1.59. The predicted octanol–water partition coefficient (Wildman–Crippen LogP) is 4.87. The van der Waals surface area contributed by atoms with Crippen LogP contribution in [-0.2, 0) is 0 Å². The number of nitrogens with zero attached hydrogens (tertiary/aromatic N) is 2. The van der Waals surface area contributed by atoms with Gasteiger partial charge in [-0.25, -0.2) is 18.7 Å². The van der Waals surface area contributed by atoms with E-state index in [1.54, 1.807) is 20.1 Å². The van der Waals surface area contributed by atoms with Gasteiger partial charge in [0, 0.05) is 12.1 Å². The molecular formula is C19H18F2N4O. The van der Waals surface area contributed by atoms with Gasteiger partial charge in [-0.1, -0.05) is 6.07 Å². The number of nitrogens with one attached hydrogen (secondary N) is 2. The van der Waals surface area contributed by atoms with Crippen LogP contribution in [0.5, 0.6) is 5.75 Å². The van der Waals surface area contributed by atoms with Gasteiger partial charge in [-0.2, -0.15) is 0 Å². The first-order chi connectivity index (χ1) is 12.4. The molecular weight excluding hydrogens is 338 g/mol. The lowest BCUT2D eigenvalue weighted by Gasteiger charge is -2.13. The van der Waals surface area contributed by atoms with Gasteiger partial charge in [0.2, 0.25) is 0 Å². The van der Waals surface area contributed by atoms with E-state index in [-0.39, 0.29) is 5.69 Å². The van der Waals surface area contributed by atoms with Crippen molar-refractivity contribution >= 4 is 23.0 Å². The second-order valence-electron chi connectivity index (χ2n) is 5.76. The smallest absolute Gasteiger partial charge is 0.149 e. The van der Waals surface area contributed by atoms with Gasteiger partial charge in [0.1, 0.15) is 34.8 Å². The molecule has 7 heteroatoms. The second-order valence-corrected chi connectivity index (χ2v) is 5.76. The number of benzene rings is 2. The Balaban J connectivity index is 1.89. The Morgan fingerprint density at radius 1 is 0.846 bits per heavy atom. The molecule has 1 heterocycles. The van der Waals surface area contributed by atoms with Gasteiger partial charge in [0.25, 0.3) is 0 Å². The van der Waals surface area contributed by atoms with Crippen molar-refractivity contribution in [2.45, 2.75) is 13.8 Å². The van der Waals surface area contributed by atoms with E-state index in [1.165, 1.54) is 12.1 Å². The first-order valence-electron chi connectivity index (χ1n) is 7.94. The lowest BCUT2D eigenvalue weighted by atomic mass is 10.2. The summed E-state index contributed by atoms with van der Waals surface area (Å²) in [5, 5.41) is 6.03. The van der Waals surface area contributed by atoms with Crippen LogP contribution >= 0.6 is 0 Å². The maximum atomic E-state index is 13.8. The molecule has 0 amide bonds. The Hall–Kier alpha value is -3.22. The molecule has 2 aromatic carbocycles. The molecule has 0 aliphatic carbocycles. The number of ether oxygens (including phenoxy) is 1. The molecule has 5 nitrogen and oxygen atoms in total. The zero-order valence-corrected chi connectivity index (χ0v) is 14.6. The Morgan fingerprint density at radius 3 is 2.19 bits per heavy atom. The van der Waals surface area contributed by atoms with Gasteiger partial charge in [0.05, 0.1) is 18.5 Å². The van der Waals surface area contributed by atoms with E-state index in [2.05, 4.69) is 20.6 Å². The van der Waals surface area contributed by atoms with Crippen molar-refractivity contribution in [1.82, 2.24) is 9.97 Å². The average molecular weight is 356 g/mol. The van der Waals surface area contributed by atoms with Crippen LogP contribution in [0.4, 0.5) is 31.8 Å². The summed E-state index contributed by atoms with van der Waals surface area (Å²) in [6.07, 6.45) is 0. The standard InChI is InChI=1S/C19H18F2N4O/c1-11-4-7-17(26-3)16(8-11)25-19-10-18(22-12(2)23-19)24-15-6-5-13(20)9-14(15)21/h4-10H,1-3H3,(H2,22,23,24,25). The third kappa shape index (κ3) is 4.05. The summed E-state index contributed by atoms with van der Waals surface area (Å²) in [4.78, 5) is 8.58. The summed E-state index contributed by atoms with van der Waals surface area (Å²) in [6, 6.07) is 10.7. The third-order valence-electron chi connectivity index (χ3n) is 3.65. The normalized spacial score (nSPS) is 10.5. The molecule has 0 saturated carbocycles. The van der Waals surface area contributed by atoms with Gasteiger partial charge in [-0.15, -0.1) is 0 Å². The van der Waals surface area contributed by atoms with Crippen LogP contribution in [0.2, 0.25) is 0 Å². The molecule has 0 spiro atoms. The van der Waals surface area contributed by atoms with Crippen molar-refractivity contribution < 1.29 is 13.5 Å². The number of rotatable bonds is 5. The highest BCUT2D eigenvalue weighted by molar-refractivity contribution is 5.68. The topological polar surface area (TPSA) is 59.1 Å². The molecule has 26 heavy (non-hydrogen) atoms. The SMILES string of the molecule is COc1ccc(C)cc1Nc1cc(Nc2ccc(F)cc2F)nc(C)n1. The van der Waals surface area contributed by atoms with Crippen molar-refractivity contribution in [2.24, 2.45) is 0 Å². The fraction of sp³-hybridized carbons (Fsp3) is 0.158. The summed E-state index contributed by atoms with van der Waals surface area (Å²) in [5.41, 5.74) is 1.94. The number of anilines is 4. The van der Waals surface area contributed by atoms with Crippen molar-refractivity contribution in [3.63, 3.8) is 0 Å². The molecule has 0 bridgehead atoms. The average Bonchev–Trinajstić information content (AvgIpc) is 2.57. The highest BCUT2D eigenvalue weighted by atomic mass is 19.1. The number of aryl methyl sites for hydroxylation is 2. The Morgan fingerprint density at radius 2 is 1.54 bits per heavy atom. The Labute approximate surface area is 150 Å². The molecule has 0 fully saturated rings. The minimum atomic E-state index is -0.698. The van der Waals surface area contributed by atoms with Crippen LogP contribution < -0.4 is 15.4 Å². The van der Waals surface area contributed by atoms with Gasteiger partial charge in [0.15, 0.2) is 0 Å². The predicted molar refractivity (Wildman–Crippen MR) is 97.4 cm³/mol. The number of methoxy groups -OCH3 is 1. The molecule has 0 atom stereocenters. The highest BCUT2D eigenvalue weighted by Gasteiger charge is 2.09. The quantitative estimate of drug-likeness (QED) is 0.683. The maximum absolute atomic E-state index is 13.8. The molecule has 2 N–H and O–H groups in total. The van der Waals surface area contributed by atoms with Crippen molar-refractivity contribution in [1.29, 1.82) is 0 Å². The first-order valence-corrected chi connectivity index (χ1v) is 7.94. The van der Waals surface area contributed by atoms with Crippen molar-refractivity contribution in [3.05, 3.63) is 65.5 Å². The number of aromatic nitrogens is 2. The molecule has 0 aliphatic heterocycles. The van der Waals surface area contributed by atoms with E-state index in [1.807, 2.05) is 25.1 Å². The van der Waals surface area contributed by atoms with E-state index in [0.29, 0.717) is 23.2 Å². The molecule has 0 unspecified atom stereocenters. The van der Waals surface area contributed by atoms with E-state index < -0.39 is 11.6 Å². The van der Waals surface area contributed by atoms with Gasteiger partial charge in [-0.05, 0) is 43.7 Å². The van der Waals surface area contributed by atoms with Crippen LogP contribution in [0.3, 0.4) is 0 Å². The summed E-state index contributed by atoms with van der Waals surface area (Å²) in [6.45, 7) is 3.70. The van der Waals surface area contributed by atoms with Gasteiger partial charge < -0.3 is 15.4 Å². The van der Waals surface area contributed by atoms with Gasteiger partial charge in [-0.3, -0.25) is 0 Å². The van der Waals surface area contributed by atoms with Crippen LogP contribution in [0, 0.1) is 25.5 Å². The van der Waals surface area contributed by atoms with Crippen LogP contribution in [0.15, 0.2) is 42.5 Å². The minimum absolute atomic E-state index is 0.128. The largest absolute Gasteiger partial charge is 0.495 e. The zero-order valence-electron chi connectivity index (χ0n) is 14.6. The summed E-state index contributed by atoms with van der Waals surface area (Å²) >= 11 is 0. The molecule has 0 saturated heterocycles. The molecule has 0 radical (unpaired) electrons. The van der Waals surface area contributed by atoms with Crippen molar-refractivity contribution in [3.8, 4) is 5.75 Å². The fourth-order valence-electron chi connectivity index (χ4n) is 2.48. The lowest BCUT2D eigenvalue weighted by Crippen LogP contribution is -2.03. The summed E-state index contributed by atoms with van der Waals surface area (Å²) in [5.74, 6) is 0.734. The maximum Gasteiger partial charge on any atom is 0.149 e. The fourth-order valence-corrected chi connectivity index (χ4v) is 2.48. The third-order valence-corrected chi connectivity index (χ3v) is 3.65. The number of hydrogen-bond donors (Lipinski definition) is 2. The highest BCUT2D eigenvalue weighted by Crippen LogP contribution is 2.29. The number of hydrogen-bond acceptors (Lipinski definition) is 5. The monoisotopic (exact) mass is 356 g/mol. The minimum Gasteiger partial charge on any atom is -0.495 e. The molecule has 3 rings (SSSR count). The second kappa shape index (κ2) is 7.35. The Kier molecular flexibility index (Phi) is 4.97. The van der Waals surface area contributed by atoms with Gasteiger partial charge >= 0.3 is 0 Å². The first kappa shape index (κ1) is 17.6. The molecule has 1 aromatic heterocycles. The van der Waals surface area contributed by atoms with Crippen LogP contribution in [0.1, 0.15) is 11.4 Å². The number of halogens is 2. The lowest BCUT2D eigenvalue weighted by molar-refractivity contribution is 0.416. The van der Waals surface area contributed by atoms with E-state index in [4.69, 9.17) is 4.74 Å². The summed E-state index contributed by atoms with van der Waals surface area (Å²) < 4.78 is 32.2. The Bertz CT molecular complexity index is 947. The van der Waals surface area contributed by atoms with Crippen molar-refractivity contribution in [2.75, 3.05) is 17.7 Å². The van der Waals surface area contributed by atoms with E-state index in [0.717, 1.165) is 17.3 Å².